The van der Waals surface area contributed by atoms with Crippen LogP contribution in [0.5, 0.6) is 0 Å². The molecule has 0 aliphatic rings. The summed E-state index contributed by atoms with van der Waals surface area (Å²) in [6, 6.07) is 27.3. The van der Waals surface area contributed by atoms with Crippen LogP contribution in [0.2, 0.25) is 0 Å². The van der Waals surface area contributed by atoms with Gasteiger partial charge in [-0.05, 0) is 41.2 Å². The molecule has 0 radical (unpaired) electrons. The molecule has 0 aliphatic carbocycles. The fourth-order valence-electron chi connectivity index (χ4n) is 3.36. The van der Waals surface area contributed by atoms with Crippen LogP contribution in [0.1, 0.15) is 37.3 Å². The van der Waals surface area contributed by atoms with Crippen molar-refractivity contribution in [3.8, 4) is 28.3 Å². The zero-order chi connectivity index (χ0) is 17.5. The molecule has 0 heterocycles. The van der Waals surface area contributed by atoms with Crippen LogP contribution in [-0.4, -0.2) is 0 Å². The Hall–Kier alpha value is -2.85. The molecule has 0 spiro atoms. The molecule has 0 aliphatic heterocycles. The second kappa shape index (κ2) is 8.31. The van der Waals surface area contributed by atoms with Crippen molar-refractivity contribution < 1.29 is 0 Å². The minimum Gasteiger partial charge on any atom is -0.192 e. The largest absolute Gasteiger partial charge is 0.192 e. The molecular formula is C24H23N. The third-order valence-electron chi connectivity index (χ3n) is 4.60. The summed E-state index contributed by atoms with van der Waals surface area (Å²) in [5, 5.41) is 9.69. The average Bonchev–Trinajstić information content (AvgIpc) is 2.68. The fourth-order valence-corrected chi connectivity index (χ4v) is 3.36. The monoisotopic (exact) mass is 325 g/mol. The summed E-state index contributed by atoms with van der Waals surface area (Å²) in [5.41, 5.74) is 6.65. The van der Waals surface area contributed by atoms with Crippen molar-refractivity contribution in [1.82, 2.24) is 0 Å². The lowest BCUT2D eigenvalue weighted by molar-refractivity contribution is 0.718. The van der Waals surface area contributed by atoms with Gasteiger partial charge in [0.2, 0.25) is 0 Å². The topological polar surface area (TPSA) is 23.8 Å². The molecule has 3 aromatic carbocycles. The molecule has 0 unspecified atom stereocenters. The van der Waals surface area contributed by atoms with E-state index >= 15 is 0 Å². The molecule has 124 valence electrons. The first-order chi connectivity index (χ1) is 12.3. The summed E-state index contributed by atoms with van der Waals surface area (Å²) in [6.07, 6.45) is 4.60. The molecule has 0 amide bonds. The maximum Gasteiger partial charge on any atom is 0.0998 e. The predicted octanol–water partition coefficient (Wildman–Crippen LogP) is 6.62. The van der Waals surface area contributed by atoms with E-state index in [0.717, 1.165) is 29.5 Å². The third kappa shape index (κ3) is 3.80. The smallest absolute Gasteiger partial charge is 0.0998 e. The Morgan fingerprint density at radius 1 is 0.760 bits per heavy atom. The molecular weight excluding hydrogens is 302 g/mol. The lowest BCUT2D eigenvalue weighted by Gasteiger charge is -2.16. The van der Waals surface area contributed by atoms with Gasteiger partial charge in [-0.3, -0.25) is 0 Å². The summed E-state index contributed by atoms with van der Waals surface area (Å²) >= 11 is 0. The molecule has 1 nitrogen and oxygen atoms in total. The molecule has 0 bridgehead atoms. The fraction of sp³-hybridized carbons (Fsp3) is 0.208. The molecule has 3 rings (SSSR count). The molecule has 0 fully saturated rings. The highest BCUT2D eigenvalue weighted by molar-refractivity contribution is 5.87. The van der Waals surface area contributed by atoms with Crippen molar-refractivity contribution in [1.29, 1.82) is 5.26 Å². The van der Waals surface area contributed by atoms with E-state index in [-0.39, 0.29) is 0 Å². The molecule has 0 saturated heterocycles. The Kier molecular flexibility index (Phi) is 5.65. The number of hydrogen-bond acceptors (Lipinski definition) is 1. The highest BCUT2D eigenvalue weighted by Crippen LogP contribution is 2.36. The van der Waals surface area contributed by atoms with Crippen molar-refractivity contribution in [2.75, 3.05) is 0 Å². The van der Waals surface area contributed by atoms with E-state index in [1.54, 1.807) is 0 Å². The van der Waals surface area contributed by atoms with E-state index in [2.05, 4.69) is 67.6 Å². The van der Waals surface area contributed by atoms with Gasteiger partial charge in [0.25, 0.3) is 0 Å². The molecule has 0 aromatic heterocycles. The van der Waals surface area contributed by atoms with Gasteiger partial charge in [0.15, 0.2) is 0 Å². The molecule has 0 N–H and O–H groups in total. The van der Waals surface area contributed by atoms with Crippen molar-refractivity contribution >= 4 is 0 Å². The zero-order valence-electron chi connectivity index (χ0n) is 14.7. The van der Waals surface area contributed by atoms with Gasteiger partial charge < -0.3 is 0 Å². The molecule has 3 aromatic rings. The van der Waals surface area contributed by atoms with Gasteiger partial charge in [-0.25, -0.2) is 0 Å². The van der Waals surface area contributed by atoms with E-state index < -0.39 is 0 Å². The SMILES string of the molecule is CCCCCc1cccc(C#N)c1-c1ccccc1-c1ccccc1. The second-order valence-corrected chi connectivity index (χ2v) is 6.32. The van der Waals surface area contributed by atoms with E-state index in [0.29, 0.717) is 0 Å². The van der Waals surface area contributed by atoms with Crippen LogP contribution < -0.4 is 0 Å². The third-order valence-corrected chi connectivity index (χ3v) is 4.60. The molecule has 0 atom stereocenters. The van der Waals surface area contributed by atoms with E-state index in [1.165, 1.54) is 29.5 Å². The highest BCUT2D eigenvalue weighted by Gasteiger charge is 2.14. The van der Waals surface area contributed by atoms with Crippen molar-refractivity contribution in [2.45, 2.75) is 32.6 Å². The Balaban J connectivity index is 2.15. The Bertz CT molecular complexity index is 872. The number of aryl methyl sites for hydroxylation is 1. The van der Waals surface area contributed by atoms with Crippen LogP contribution in [0.25, 0.3) is 22.3 Å². The molecule has 25 heavy (non-hydrogen) atoms. The lowest BCUT2D eigenvalue weighted by atomic mass is 9.87. The Morgan fingerprint density at radius 3 is 2.20 bits per heavy atom. The number of unbranched alkanes of at least 4 members (excludes halogenated alkanes) is 2. The van der Waals surface area contributed by atoms with Gasteiger partial charge in [-0.15, -0.1) is 0 Å². The Labute approximate surface area is 150 Å². The molecule has 1 heteroatoms. The lowest BCUT2D eigenvalue weighted by Crippen LogP contribution is -1.96. The summed E-state index contributed by atoms with van der Waals surface area (Å²) in [7, 11) is 0. The van der Waals surface area contributed by atoms with Gasteiger partial charge in [-0.2, -0.15) is 5.26 Å². The minimum atomic E-state index is 0.761. The number of nitrogens with zero attached hydrogens (tertiary/aromatic N) is 1. The number of benzene rings is 3. The van der Waals surface area contributed by atoms with Crippen LogP contribution in [-0.2, 0) is 6.42 Å². The van der Waals surface area contributed by atoms with Gasteiger partial charge in [0.05, 0.1) is 11.6 Å². The van der Waals surface area contributed by atoms with Gasteiger partial charge >= 0.3 is 0 Å². The standard InChI is InChI=1S/C24H23N/c1-2-3-5-13-20-14-10-15-21(18-25)24(20)23-17-9-8-16-22(23)19-11-6-4-7-12-19/h4,6-12,14-17H,2-3,5,13H2,1H3. The Morgan fingerprint density at radius 2 is 1.48 bits per heavy atom. The first kappa shape index (κ1) is 17.0. The summed E-state index contributed by atoms with van der Waals surface area (Å²) < 4.78 is 0. The van der Waals surface area contributed by atoms with Crippen LogP contribution in [0.4, 0.5) is 0 Å². The van der Waals surface area contributed by atoms with Gasteiger partial charge in [-0.1, -0.05) is 86.5 Å². The van der Waals surface area contributed by atoms with E-state index in [1.807, 2.05) is 18.2 Å². The average molecular weight is 325 g/mol. The van der Waals surface area contributed by atoms with Crippen LogP contribution in [0, 0.1) is 11.3 Å². The van der Waals surface area contributed by atoms with Crippen molar-refractivity contribution in [2.24, 2.45) is 0 Å². The van der Waals surface area contributed by atoms with Crippen LogP contribution in [0.15, 0.2) is 72.8 Å². The van der Waals surface area contributed by atoms with Crippen LogP contribution in [0.3, 0.4) is 0 Å². The summed E-state index contributed by atoms with van der Waals surface area (Å²) in [5.74, 6) is 0. The number of nitriles is 1. The van der Waals surface area contributed by atoms with Crippen molar-refractivity contribution in [3.63, 3.8) is 0 Å². The van der Waals surface area contributed by atoms with Crippen LogP contribution >= 0.6 is 0 Å². The maximum atomic E-state index is 9.69. The highest BCUT2D eigenvalue weighted by atomic mass is 14.3. The second-order valence-electron chi connectivity index (χ2n) is 6.32. The zero-order valence-corrected chi connectivity index (χ0v) is 14.7. The quantitative estimate of drug-likeness (QED) is 0.467. The summed E-state index contributed by atoms with van der Waals surface area (Å²) in [4.78, 5) is 0. The van der Waals surface area contributed by atoms with Gasteiger partial charge in [0.1, 0.15) is 0 Å². The minimum absolute atomic E-state index is 0.761. The number of rotatable bonds is 6. The summed E-state index contributed by atoms with van der Waals surface area (Å²) in [6.45, 7) is 2.22. The van der Waals surface area contributed by atoms with Gasteiger partial charge in [0, 0.05) is 5.56 Å². The van der Waals surface area contributed by atoms with E-state index in [9.17, 15) is 5.26 Å². The first-order valence-electron chi connectivity index (χ1n) is 9.02. The van der Waals surface area contributed by atoms with E-state index in [4.69, 9.17) is 0 Å². The normalized spacial score (nSPS) is 10.4. The predicted molar refractivity (Wildman–Crippen MR) is 105 cm³/mol. The maximum absolute atomic E-state index is 9.69. The first-order valence-corrected chi connectivity index (χ1v) is 9.02. The number of hydrogen-bond donors (Lipinski definition) is 0. The van der Waals surface area contributed by atoms with Crippen molar-refractivity contribution in [3.05, 3.63) is 83.9 Å². The molecule has 0 saturated carbocycles.